The van der Waals surface area contributed by atoms with Gasteiger partial charge in [0.25, 0.3) is 0 Å². The first-order valence-electron chi connectivity index (χ1n) is 9.60. The molecule has 4 nitrogen and oxygen atoms in total. The van der Waals surface area contributed by atoms with Gasteiger partial charge in [-0.2, -0.15) is 0 Å². The highest BCUT2D eigenvalue weighted by Crippen LogP contribution is 2.35. The molecule has 0 aliphatic rings. The van der Waals surface area contributed by atoms with Gasteiger partial charge >= 0.3 is 7.82 Å². The second-order valence-corrected chi connectivity index (χ2v) is 8.61. The van der Waals surface area contributed by atoms with Crippen molar-refractivity contribution in [3.63, 3.8) is 0 Å². The zero-order valence-electron chi connectivity index (χ0n) is 16.2. The lowest BCUT2D eigenvalue weighted by atomic mass is 9.92. The van der Waals surface area contributed by atoms with Crippen LogP contribution in [0.25, 0.3) is 0 Å². The molecule has 5 heteroatoms. The van der Waals surface area contributed by atoms with Crippen LogP contribution in [-0.2, 0) is 9.09 Å². The molecule has 0 aromatic rings. The second-order valence-electron chi connectivity index (χ2n) is 7.37. The van der Waals surface area contributed by atoms with E-state index in [-0.39, 0.29) is 6.61 Å². The number of rotatable bonds is 15. The van der Waals surface area contributed by atoms with E-state index in [0.29, 0.717) is 0 Å². The summed E-state index contributed by atoms with van der Waals surface area (Å²) in [5.74, 6) is 1.62. The summed E-state index contributed by atoms with van der Waals surface area (Å²) >= 11 is 0. The van der Waals surface area contributed by atoms with Gasteiger partial charge in [-0.15, -0.1) is 0 Å². The summed E-state index contributed by atoms with van der Waals surface area (Å²) in [6.45, 7) is 8.95. The van der Waals surface area contributed by atoms with E-state index in [0.717, 1.165) is 30.3 Å². The summed E-state index contributed by atoms with van der Waals surface area (Å²) in [7, 11) is -4.34. The predicted octanol–water partition coefficient (Wildman–Crippen LogP) is 6.24. The molecule has 0 rings (SSSR count). The van der Waals surface area contributed by atoms with Crippen molar-refractivity contribution in [3.8, 4) is 0 Å². The Hall–Kier alpha value is -0.150. The van der Waals surface area contributed by atoms with Gasteiger partial charge in [0, 0.05) is 0 Å². The van der Waals surface area contributed by atoms with Crippen molar-refractivity contribution < 1.29 is 18.9 Å². The quantitative estimate of drug-likeness (QED) is 0.206. The van der Waals surface area contributed by atoms with E-state index >= 15 is 0 Å². The molecule has 0 fully saturated rings. The van der Waals surface area contributed by atoms with Gasteiger partial charge in [0.15, 0.2) is 0 Å². The van der Waals surface area contributed by atoms with Crippen LogP contribution in [0.2, 0.25) is 0 Å². The van der Waals surface area contributed by atoms with Crippen molar-refractivity contribution in [3.05, 3.63) is 11.6 Å². The summed E-state index contributed by atoms with van der Waals surface area (Å²) in [4.78, 5) is 17.2. The SMILES string of the molecule is CCCCCC(C)CCCC(C)CCCC(C)=CCOP(=O)(O)O. The average Bonchev–Trinajstić information content (AvgIpc) is 2.46. The van der Waals surface area contributed by atoms with Crippen molar-refractivity contribution in [2.45, 2.75) is 91.9 Å². The summed E-state index contributed by atoms with van der Waals surface area (Å²) in [5.41, 5.74) is 1.14. The molecule has 2 atom stereocenters. The van der Waals surface area contributed by atoms with Crippen molar-refractivity contribution in [2.75, 3.05) is 6.61 Å². The molecule has 0 radical (unpaired) electrons. The Morgan fingerprint density at radius 3 is 2.08 bits per heavy atom. The largest absolute Gasteiger partial charge is 0.469 e. The van der Waals surface area contributed by atoms with Crippen molar-refractivity contribution in [2.24, 2.45) is 11.8 Å². The number of allylic oxidation sites excluding steroid dienone is 1. The van der Waals surface area contributed by atoms with Gasteiger partial charge < -0.3 is 9.79 Å². The van der Waals surface area contributed by atoms with Gasteiger partial charge in [-0.05, 0) is 31.6 Å². The van der Waals surface area contributed by atoms with Gasteiger partial charge in [-0.25, -0.2) is 4.57 Å². The fourth-order valence-corrected chi connectivity index (χ4v) is 3.22. The third kappa shape index (κ3) is 16.7. The van der Waals surface area contributed by atoms with Crippen molar-refractivity contribution in [1.29, 1.82) is 0 Å². The van der Waals surface area contributed by atoms with E-state index in [1.54, 1.807) is 6.08 Å². The Morgan fingerprint density at radius 2 is 1.54 bits per heavy atom. The van der Waals surface area contributed by atoms with Crippen LogP contribution in [0.15, 0.2) is 11.6 Å². The van der Waals surface area contributed by atoms with Gasteiger partial charge in [0.2, 0.25) is 0 Å². The van der Waals surface area contributed by atoms with E-state index in [2.05, 4.69) is 25.3 Å². The maximum atomic E-state index is 10.6. The van der Waals surface area contributed by atoms with Crippen LogP contribution in [-0.4, -0.2) is 16.4 Å². The minimum absolute atomic E-state index is 0.0123. The first-order valence-corrected chi connectivity index (χ1v) is 11.1. The molecule has 0 aliphatic heterocycles. The number of phosphoric ester groups is 1. The summed E-state index contributed by atoms with van der Waals surface area (Å²) in [6.07, 6.45) is 14.5. The molecule has 0 amide bonds. The maximum Gasteiger partial charge on any atom is 0.469 e. The van der Waals surface area contributed by atoms with Crippen LogP contribution < -0.4 is 0 Å². The first kappa shape index (κ1) is 23.9. The van der Waals surface area contributed by atoms with E-state index in [1.165, 1.54) is 51.4 Å². The van der Waals surface area contributed by atoms with Crippen LogP contribution in [0.3, 0.4) is 0 Å². The Balaban J connectivity index is 3.66. The fourth-order valence-electron chi connectivity index (χ4n) is 2.95. The number of phosphoric acid groups is 1. The Morgan fingerprint density at radius 1 is 1.00 bits per heavy atom. The third-order valence-electron chi connectivity index (χ3n) is 4.64. The minimum atomic E-state index is -4.34. The highest BCUT2D eigenvalue weighted by atomic mass is 31.2. The maximum absolute atomic E-state index is 10.6. The molecule has 24 heavy (non-hydrogen) atoms. The molecule has 2 unspecified atom stereocenters. The molecular weight excluding hydrogens is 323 g/mol. The molecule has 0 aliphatic carbocycles. The normalized spacial score (nSPS) is 15.5. The molecule has 2 N–H and O–H groups in total. The van der Waals surface area contributed by atoms with E-state index in [4.69, 9.17) is 9.79 Å². The zero-order valence-corrected chi connectivity index (χ0v) is 17.1. The monoisotopic (exact) mass is 362 g/mol. The lowest BCUT2D eigenvalue weighted by Gasteiger charge is -2.14. The van der Waals surface area contributed by atoms with Crippen LogP contribution in [0.1, 0.15) is 91.9 Å². The number of hydrogen-bond donors (Lipinski definition) is 2. The fraction of sp³-hybridized carbons (Fsp3) is 0.895. The van der Waals surface area contributed by atoms with Crippen molar-refractivity contribution >= 4 is 7.82 Å². The van der Waals surface area contributed by atoms with Crippen LogP contribution in [0.5, 0.6) is 0 Å². The second kappa shape index (κ2) is 14.1. The highest BCUT2D eigenvalue weighted by molar-refractivity contribution is 7.46. The summed E-state index contributed by atoms with van der Waals surface area (Å²) in [5, 5.41) is 0. The number of hydrogen-bond acceptors (Lipinski definition) is 2. The summed E-state index contributed by atoms with van der Waals surface area (Å²) < 4.78 is 15.0. The van der Waals surface area contributed by atoms with E-state index in [9.17, 15) is 4.57 Å². The molecular formula is C19H39O4P. The molecule has 0 saturated heterocycles. The minimum Gasteiger partial charge on any atom is -0.303 e. The Labute approximate surface area is 149 Å². The molecule has 0 aromatic heterocycles. The highest BCUT2D eigenvalue weighted by Gasteiger charge is 2.11. The van der Waals surface area contributed by atoms with Crippen LogP contribution >= 0.6 is 7.82 Å². The van der Waals surface area contributed by atoms with Gasteiger partial charge in [0.05, 0.1) is 6.61 Å². The zero-order chi connectivity index (χ0) is 18.4. The lowest BCUT2D eigenvalue weighted by molar-refractivity contribution is 0.215. The average molecular weight is 362 g/mol. The van der Waals surface area contributed by atoms with Gasteiger partial charge in [-0.3, -0.25) is 4.52 Å². The molecule has 0 spiro atoms. The van der Waals surface area contributed by atoms with E-state index in [1.807, 2.05) is 6.92 Å². The molecule has 0 aromatic carbocycles. The predicted molar refractivity (Wildman–Crippen MR) is 102 cm³/mol. The van der Waals surface area contributed by atoms with Gasteiger partial charge in [0.1, 0.15) is 0 Å². The first-order chi connectivity index (χ1) is 11.2. The standard InChI is InChI=1S/C19H39O4P/c1-5-6-7-10-17(2)11-8-12-18(3)13-9-14-19(4)15-16-23-24(20,21)22/h15,17-18H,5-14,16H2,1-4H3,(H2,20,21,22). The Bertz CT molecular complexity index is 376. The smallest absolute Gasteiger partial charge is 0.303 e. The lowest BCUT2D eigenvalue weighted by Crippen LogP contribution is -1.99. The molecule has 0 saturated carbocycles. The topological polar surface area (TPSA) is 66.8 Å². The van der Waals surface area contributed by atoms with Gasteiger partial charge in [-0.1, -0.05) is 83.8 Å². The summed E-state index contributed by atoms with van der Waals surface area (Å²) in [6, 6.07) is 0. The molecule has 0 bridgehead atoms. The van der Waals surface area contributed by atoms with Crippen LogP contribution in [0.4, 0.5) is 0 Å². The van der Waals surface area contributed by atoms with E-state index < -0.39 is 7.82 Å². The molecule has 0 heterocycles. The Kier molecular flexibility index (Phi) is 14.0. The third-order valence-corrected chi connectivity index (χ3v) is 5.12. The van der Waals surface area contributed by atoms with Crippen molar-refractivity contribution in [1.82, 2.24) is 0 Å². The van der Waals surface area contributed by atoms with Crippen LogP contribution in [0, 0.1) is 11.8 Å². The molecule has 144 valence electrons. The number of unbranched alkanes of at least 4 members (excludes halogenated alkanes) is 2.